The van der Waals surface area contributed by atoms with Crippen LogP contribution in [0.5, 0.6) is 0 Å². The Morgan fingerprint density at radius 3 is 2.48 bits per heavy atom. The third-order valence-corrected chi connectivity index (χ3v) is 6.75. The first-order valence-electron chi connectivity index (χ1n) is 10.6. The lowest BCUT2D eigenvalue weighted by Gasteiger charge is -2.34. The number of piperidine rings is 1. The van der Waals surface area contributed by atoms with Crippen LogP contribution in [0.4, 0.5) is 4.79 Å². The van der Waals surface area contributed by atoms with Crippen molar-refractivity contribution in [2.45, 2.75) is 57.0 Å². The van der Waals surface area contributed by atoms with Crippen molar-refractivity contribution in [1.29, 1.82) is 0 Å². The second-order valence-corrected chi connectivity index (χ2v) is 8.97. The zero-order valence-corrected chi connectivity index (χ0v) is 17.4. The summed E-state index contributed by atoms with van der Waals surface area (Å²) in [5.74, 6) is -0.102. The number of hydrogen-bond acceptors (Lipinski definition) is 4. The number of hydrogen-bond donors (Lipinski definition) is 2. The van der Waals surface area contributed by atoms with E-state index < -0.39 is 0 Å². The second kappa shape index (κ2) is 9.39. The zero-order valence-electron chi connectivity index (χ0n) is 16.6. The molecule has 1 aliphatic carbocycles. The fourth-order valence-electron chi connectivity index (χ4n) is 4.10. The molecular formula is C22H28N4O2S. The molecule has 2 aliphatic rings. The van der Waals surface area contributed by atoms with E-state index >= 15 is 0 Å². The molecule has 0 spiro atoms. The van der Waals surface area contributed by atoms with Crippen LogP contribution in [0.25, 0.3) is 16.3 Å². The van der Waals surface area contributed by atoms with E-state index in [-0.39, 0.29) is 18.0 Å². The van der Waals surface area contributed by atoms with Gasteiger partial charge in [0.15, 0.2) is 0 Å². The van der Waals surface area contributed by atoms with Crippen molar-refractivity contribution in [3.05, 3.63) is 35.3 Å². The van der Waals surface area contributed by atoms with E-state index in [1.165, 1.54) is 19.3 Å². The summed E-state index contributed by atoms with van der Waals surface area (Å²) in [6.07, 6.45) is 10.8. The van der Waals surface area contributed by atoms with Crippen LogP contribution in [-0.2, 0) is 4.79 Å². The number of amides is 3. The lowest BCUT2D eigenvalue weighted by Crippen LogP contribution is -2.51. The van der Waals surface area contributed by atoms with Gasteiger partial charge >= 0.3 is 6.03 Å². The van der Waals surface area contributed by atoms with E-state index in [1.807, 2.05) is 29.2 Å². The minimum atomic E-state index is -0.102. The second-order valence-electron chi connectivity index (χ2n) is 7.91. The Balaban J connectivity index is 1.21. The number of urea groups is 1. The molecular weight excluding hydrogens is 384 g/mol. The number of thiazole rings is 1. The van der Waals surface area contributed by atoms with Gasteiger partial charge < -0.3 is 15.5 Å². The molecule has 1 aromatic heterocycles. The fourth-order valence-corrected chi connectivity index (χ4v) is 4.97. The van der Waals surface area contributed by atoms with Gasteiger partial charge in [0.2, 0.25) is 5.91 Å². The van der Waals surface area contributed by atoms with Gasteiger partial charge in [0.1, 0.15) is 5.01 Å². The maximum atomic E-state index is 12.4. The zero-order chi connectivity index (χ0) is 20.1. The van der Waals surface area contributed by atoms with Crippen LogP contribution in [0.15, 0.2) is 30.3 Å². The monoisotopic (exact) mass is 412 g/mol. The van der Waals surface area contributed by atoms with Gasteiger partial charge in [0, 0.05) is 31.2 Å². The first kappa shape index (κ1) is 19.9. The van der Waals surface area contributed by atoms with Crippen molar-refractivity contribution >= 4 is 39.6 Å². The highest BCUT2D eigenvalue weighted by Crippen LogP contribution is 2.22. The average molecular weight is 413 g/mol. The molecule has 0 bridgehead atoms. The molecule has 1 aromatic carbocycles. The lowest BCUT2D eigenvalue weighted by molar-refractivity contribution is -0.117. The Hall–Kier alpha value is -2.41. The first-order valence-corrected chi connectivity index (χ1v) is 11.4. The molecule has 0 atom stereocenters. The van der Waals surface area contributed by atoms with E-state index in [9.17, 15) is 9.59 Å². The molecule has 154 valence electrons. The minimum Gasteiger partial charge on any atom is -0.350 e. The van der Waals surface area contributed by atoms with E-state index in [0.717, 1.165) is 40.9 Å². The number of nitrogens with zero attached hydrogens (tertiary/aromatic N) is 2. The fraction of sp³-hybridized carbons (Fsp3) is 0.500. The molecule has 2 fully saturated rings. The van der Waals surface area contributed by atoms with Crippen LogP contribution in [0.2, 0.25) is 0 Å². The van der Waals surface area contributed by atoms with Crippen LogP contribution in [-0.4, -0.2) is 47.0 Å². The molecule has 1 saturated heterocycles. The van der Waals surface area contributed by atoms with Gasteiger partial charge in [-0.2, -0.15) is 0 Å². The van der Waals surface area contributed by atoms with Gasteiger partial charge in [-0.15, -0.1) is 11.3 Å². The summed E-state index contributed by atoms with van der Waals surface area (Å²) in [6.45, 7) is 1.37. The summed E-state index contributed by atoms with van der Waals surface area (Å²) in [5, 5.41) is 7.06. The molecule has 4 rings (SSSR count). The highest BCUT2D eigenvalue weighted by molar-refractivity contribution is 7.19. The number of rotatable bonds is 4. The molecule has 2 aromatic rings. The van der Waals surface area contributed by atoms with Crippen molar-refractivity contribution in [3.8, 4) is 0 Å². The number of fused-ring (bicyclic) bond motifs is 1. The average Bonchev–Trinajstić information content (AvgIpc) is 3.17. The summed E-state index contributed by atoms with van der Waals surface area (Å²) in [7, 11) is 0. The van der Waals surface area contributed by atoms with E-state index in [4.69, 9.17) is 0 Å². The van der Waals surface area contributed by atoms with E-state index in [1.54, 1.807) is 23.5 Å². The van der Waals surface area contributed by atoms with Crippen LogP contribution >= 0.6 is 11.3 Å². The number of nitrogens with one attached hydrogen (secondary N) is 2. The maximum Gasteiger partial charge on any atom is 0.317 e. The number of para-hydroxylation sites is 1. The summed E-state index contributed by atoms with van der Waals surface area (Å²) in [4.78, 5) is 31.1. The molecule has 2 heterocycles. The molecule has 6 nitrogen and oxygen atoms in total. The van der Waals surface area contributed by atoms with Crippen molar-refractivity contribution < 1.29 is 9.59 Å². The summed E-state index contributed by atoms with van der Waals surface area (Å²) in [6, 6.07) is 8.45. The largest absolute Gasteiger partial charge is 0.350 e. The van der Waals surface area contributed by atoms with Crippen molar-refractivity contribution in [2.75, 3.05) is 13.1 Å². The Morgan fingerprint density at radius 2 is 1.72 bits per heavy atom. The molecule has 2 N–H and O–H groups in total. The molecule has 29 heavy (non-hydrogen) atoms. The van der Waals surface area contributed by atoms with Crippen LogP contribution in [0, 0.1) is 0 Å². The predicted octanol–water partition coefficient (Wildman–Crippen LogP) is 3.93. The Morgan fingerprint density at radius 1 is 1.00 bits per heavy atom. The van der Waals surface area contributed by atoms with E-state index in [0.29, 0.717) is 19.1 Å². The molecule has 0 unspecified atom stereocenters. The number of carbonyl (C=O) groups is 2. The quantitative estimate of drug-likeness (QED) is 0.747. The molecule has 1 aliphatic heterocycles. The normalized spacial score (nSPS) is 19.0. The maximum absolute atomic E-state index is 12.4. The SMILES string of the molecule is O=C(/C=C/c1nc2ccccc2s1)NC1CCN(C(=O)NC2CCCCC2)CC1. The third kappa shape index (κ3) is 5.35. The van der Waals surface area contributed by atoms with E-state index in [2.05, 4.69) is 15.6 Å². The Labute approximate surface area is 175 Å². The van der Waals surface area contributed by atoms with Gasteiger partial charge in [-0.3, -0.25) is 4.79 Å². The van der Waals surface area contributed by atoms with Gasteiger partial charge in [-0.05, 0) is 43.9 Å². The molecule has 1 saturated carbocycles. The predicted molar refractivity (Wildman–Crippen MR) is 117 cm³/mol. The van der Waals surface area contributed by atoms with Crippen LogP contribution < -0.4 is 10.6 Å². The molecule has 7 heteroatoms. The number of carbonyl (C=O) groups excluding carboxylic acids is 2. The van der Waals surface area contributed by atoms with Crippen LogP contribution in [0.1, 0.15) is 50.0 Å². The van der Waals surface area contributed by atoms with Gasteiger partial charge in [-0.25, -0.2) is 9.78 Å². The highest BCUT2D eigenvalue weighted by atomic mass is 32.1. The number of likely N-dealkylation sites (tertiary alicyclic amines) is 1. The molecule has 0 radical (unpaired) electrons. The lowest BCUT2D eigenvalue weighted by atomic mass is 9.95. The topological polar surface area (TPSA) is 74.3 Å². The number of benzene rings is 1. The smallest absolute Gasteiger partial charge is 0.317 e. The Kier molecular flexibility index (Phi) is 6.44. The van der Waals surface area contributed by atoms with Gasteiger partial charge in [0.25, 0.3) is 0 Å². The van der Waals surface area contributed by atoms with Crippen LogP contribution in [0.3, 0.4) is 0 Å². The number of aromatic nitrogens is 1. The highest BCUT2D eigenvalue weighted by Gasteiger charge is 2.25. The minimum absolute atomic E-state index is 0.0532. The Bertz CT molecular complexity index is 847. The standard InChI is InChI=1S/C22H28N4O2S/c27-20(10-11-21-25-18-8-4-5-9-19(18)29-21)23-17-12-14-26(15-13-17)22(28)24-16-6-2-1-3-7-16/h4-5,8-11,16-17H,1-3,6-7,12-15H2,(H,23,27)(H,24,28)/b11-10+. The summed E-state index contributed by atoms with van der Waals surface area (Å²) >= 11 is 1.57. The van der Waals surface area contributed by atoms with Gasteiger partial charge in [-0.1, -0.05) is 31.4 Å². The molecule has 3 amide bonds. The van der Waals surface area contributed by atoms with Crippen molar-refractivity contribution in [1.82, 2.24) is 20.5 Å². The van der Waals surface area contributed by atoms with Crippen molar-refractivity contribution in [3.63, 3.8) is 0 Å². The summed E-state index contributed by atoms with van der Waals surface area (Å²) < 4.78 is 1.12. The van der Waals surface area contributed by atoms with Gasteiger partial charge in [0.05, 0.1) is 10.2 Å². The summed E-state index contributed by atoms with van der Waals surface area (Å²) in [5.41, 5.74) is 0.955. The first-order chi connectivity index (χ1) is 14.2. The van der Waals surface area contributed by atoms with Crippen molar-refractivity contribution in [2.24, 2.45) is 0 Å². The third-order valence-electron chi connectivity index (χ3n) is 5.75.